The molecule has 1 fully saturated rings. The van der Waals surface area contributed by atoms with Crippen molar-refractivity contribution in [1.29, 1.82) is 0 Å². The first-order chi connectivity index (χ1) is 6.17. The van der Waals surface area contributed by atoms with Gasteiger partial charge in [-0.3, -0.25) is 4.90 Å². The van der Waals surface area contributed by atoms with Crippen LogP contribution in [0.5, 0.6) is 0 Å². The summed E-state index contributed by atoms with van der Waals surface area (Å²) in [5.41, 5.74) is 0.478. The molecule has 13 heavy (non-hydrogen) atoms. The van der Waals surface area contributed by atoms with Gasteiger partial charge in [0.1, 0.15) is 0 Å². The van der Waals surface area contributed by atoms with Crippen LogP contribution < -0.4 is 0 Å². The summed E-state index contributed by atoms with van der Waals surface area (Å²) in [7, 11) is 0. The maximum absolute atomic E-state index is 2.62. The maximum atomic E-state index is 2.62. The highest BCUT2D eigenvalue weighted by molar-refractivity contribution is 4.86. The molecular formula is C12H25N. The summed E-state index contributed by atoms with van der Waals surface area (Å²) in [4.78, 5) is 2.62. The summed E-state index contributed by atoms with van der Waals surface area (Å²) >= 11 is 0. The predicted octanol–water partition coefficient (Wildman–Crippen LogP) is 3.44. The van der Waals surface area contributed by atoms with Gasteiger partial charge in [0.2, 0.25) is 0 Å². The third-order valence-corrected chi connectivity index (χ3v) is 3.35. The van der Waals surface area contributed by atoms with Crippen LogP contribution in [0, 0.1) is 0 Å². The van der Waals surface area contributed by atoms with Crippen molar-refractivity contribution in [3.05, 3.63) is 0 Å². The zero-order chi connectivity index (χ0) is 9.73. The topological polar surface area (TPSA) is 3.24 Å². The number of hydrogen-bond donors (Lipinski definition) is 0. The average molecular weight is 183 g/mol. The van der Waals surface area contributed by atoms with Crippen LogP contribution in [0.1, 0.15) is 59.3 Å². The zero-order valence-electron chi connectivity index (χ0n) is 9.60. The Morgan fingerprint density at radius 2 is 1.77 bits per heavy atom. The molecule has 0 atom stereocenters. The van der Waals surface area contributed by atoms with Gasteiger partial charge >= 0.3 is 0 Å². The lowest BCUT2D eigenvalue weighted by atomic mass is 9.91. The fraction of sp³-hybridized carbons (Fsp3) is 1.00. The molecule has 0 radical (unpaired) electrons. The van der Waals surface area contributed by atoms with Crippen molar-refractivity contribution in [1.82, 2.24) is 4.90 Å². The fourth-order valence-electron chi connectivity index (χ4n) is 2.06. The molecule has 0 unspecified atom stereocenters. The van der Waals surface area contributed by atoms with Gasteiger partial charge in [0, 0.05) is 5.54 Å². The first-order valence-corrected chi connectivity index (χ1v) is 5.92. The quantitative estimate of drug-likeness (QED) is 0.570. The van der Waals surface area contributed by atoms with E-state index in [1.54, 1.807) is 0 Å². The van der Waals surface area contributed by atoms with Crippen LogP contribution >= 0.6 is 0 Å². The Bertz CT molecular complexity index is 136. The SMILES string of the molecule is CCCCCCC(C)(C)N1CCC1. The van der Waals surface area contributed by atoms with E-state index in [1.807, 2.05) is 0 Å². The molecule has 0 bridgehead atoms. The molecule has 0 amide bonds. The number of unbranched alkanes of at least 4 members (excludes halogenated alkanes) is 3. The van der Waals surface area contributed by atoms with Gasteiger partial charge in [0.05, 0.1) is 0 Å². The Kier molecular flexibility index (Phi) is 4.24. The van der Waals surface area contributed by atoms with Crippen LogP contribution in [0.15, 0.2) is 0 Å². The van der Waals surface area contributed by atoms with Gasteiger partial charge in [-0.05, 0) is 39.8 Å². The lowest BCUT2D eigenvalue weighted by Gasteiger charge is -2.45. The molecule has 0 aromatic heterocycles. The molecule has 1 saturated heterocycles. The highest BCUT2D eigenvalue weighted by atomic mass is 15.2. The number of likely N-dealkylation sites (tertiary alicyclic amines) is 1. The smallest absolute Gasteiger partial charge is 0.0153 e. The minimum atomic E-state index is 0.478. The molecular weight excluding hydrogens is 158 g/mol. The molecule has 1 heteroatoms. The van der Waals surface area contributed by atoms with Crippen molar-refractivity contribution >= 4 is 0 Å². The molecule has 0 spiro atoms. The molecule has 1 nitrogen and oxygen atoms in total. The van der Waals surface area contributed by atoms with Gasteiger partial charge in [0.25, 0.3) is 0 Å². The van der Waals surface area contributed by atoms with Gasteiger partial charge in [-0.2, -0.15) is 0 Å². The van der Waals surface area contributed by atoms with Gasteiger partial charge in [-0.25, -0.2) is 0 Å². The Labute approximate surface area is 83.5 Å². The summed E-state index contributed by atoms with van der Waals surface area (Å²) in [6.07, 6.45) is 8.40. The van der Waals surface area contributed by atoms with Gasteiger partial charge in [-0.1, -0.05) is 32.6 Å². The number of nitrogens with zero attached hydrogens (tertiary/aromatic N) is 1. The van der Waals surface area contributed by atoms with Crippen molar-refractivity contribution in [3.8, 4) is 0 Å². The third kappa shape index (κ3) is 3.30. The lowest BCUT2D eigenvalue weighted by Crippen LogP contribution is -2.51. The second-order valence-electron chi connectivity index (χ2n) is 4.96. The normalized spacial score (nSPS) is 18.7. The maximum Gasteiger partial charge on any atom is 0.0153 e. The second kappa shape index (κ2) is 4.99. The lowest BCUT2D eigenvalue weighted by molar-refractivity contribution is 0.0471. The van der Waals surface area contributed by atoms with Crippen molar-refractivity contribution in [2.75, 3.05) is 13.1 Å². The highest BCUT2D eigenvalue weighted by Gasteiger charge is 2.29. The minimum Gasteiger partial charge on any atom is -0.298 e. The molecule has 1 aliphatic heterocycles. The van der Waals surface area contributed by atoms with Crippen molar-refractivity contribution in [3.63, 3.8) is 0 Å². The van der Waals surface area contributed by atoms with E-state index in [0.717, 1.165) is 0 Å². The summed E-state index contributed by atoms with van der Waals surface area (Å²) in [5.74, 6) is 0. The summed E-state index contributed by atoms with van der Waals surface area (Å²) in [6.45, 7) is 9.75. The monoisotopic (exact) mass is 183 g/mol. The predicted molar refractivity (Wildman–Crippen MR) is 59.0 cm³/mol. The molecule has 1 aliphatic rings. The zero-order valence-corrected chi connectivity index (χ0v) is 9.60. The molecule has 0 N–H and O–H groups in total. The van der Waals surface area contributed by atoms with E-state index in [-0.39, 0.29) is 0 Å². The van der Waals surface area contributed by atoms with Crippen LogP contribution in [-0.4, -0.2) is 23.5 Å². The van der Waals surface area contributed by atoms with Crippen LogP contribution in [-0.2, 0) is 0 Å². The van der Waals surface area contributed by atoms with Gasteiger partial charge in [-0.15, -0.1) is 0 Å². The van der Waals surface area contributed by atoms with Crippen molar-refractivity contribution in [2.45, 2.75) is 64.8 Å². The first-order valence-electron chi connectivity index (χ1n) is 5.92. The van der Waals surface area contributed by atoms with E-state index in [0.29, 0.717) is 5.54 Å². The number of rotatable bonds is 6. The molecule has 0 aliphatic carbocycles. The van der Waals surface area contributed by atoms with E-state index in [1.165, 1.54) is 51.6 Å². The van der Waals surface area contributed by atoms with E-state index in [4.69, 9.17) is 0 Å². The van der Waals surface area contributed by atoms with Crippen LogP contribution in [0.25, 0.3) is 0 Å². The fourth-order valence-corrected chi connectivity index (χ4v) is 2.06. The highest BCUT2D eigenvalue weighted by Crippen LogP contribution is 2.26. The van der Waals surface area contributed by atoms with Crippen LogP contribution in [0.4, 0.5) is 0 Å². The van der Waals surface area contributed by atoms with E-state index < -0.39 is 0 Å². The Morgan fingerprint density at radius 1 is 1.08 bits per heavy atom. The Morgan fingerprint density at radius 3 is 2.23 bits per heavy atom. The second-order valence-corrected chi connectivity index (χ2v) is 4.96. The molecule has 1 rings (SSSR count). The van der Waals surface area contributed by atoms with Gasteiger partial charge < -0.3 is 0 Å². The van der Waals surface area contributed by atoms with Crippen LogP contribution in [0.3, 0.4) is 0 Å². The van der Waals surface area contributed by atoms with Crippen molar-refractivity contribution < 1.29 is 0 Å². The Balaban J connectivity index is 2.10. The average Bonchev–Trinajstić information content (AvgIpc) is 1.93. The third-order valence-electron chi connectivity index (χ3n) is 3.35. The first kappa shape index (κ1) is 11.0. The molecule has 1 heterocycles. The Hall–Kier alpha value is -0.0400. The van der Waals surface area contributed by atoms with E-state index >= 15 is 0 Å². The van der Waals surface area contributed by atoms with Crippen LogP contribution in [0.2, 0.25) is 0 Å². The largest absolute Gasteiger partial charge is 0.298 e. The number of hydrogen-bond acceptors (Lipinski definition) is 1. The summed E-state index contributed by atoms with van der Waals surface area (Å²) < 4.78 is 0. The molecule has 0 aromatic rings. The molecule has 0 saturated carbocycles. The summed E-state index contributed by atoms with van der Waals surface area (Å²) in [5, 5.41) is 0. The van der Waals surface area contributed by atoms with E-state index in [2.05, 4.69) is 25.7 Å². The standard InChI is InChI=1S/C12H25N/c1-4-5-6-7-9-12(2,3)13-10-8-11-13/h4-11H2,1-3H3. The van der Waals surface area contributed by atoms with Crippen molar-refractivity contribution in [2.24, 2.45) is 0 Å². The molecule has 0 aromatic carbocycles. The minimum absolute atomic E-state index is 0.478. The van der Waals surface area contributed by atoms with E-state index in [9.17, 15) is 0 Å². The van der Waals surface area contributed by atoms with Gasteiger partial charge in [0.15, 0.2) is 0 Å². The summed E-state index contributed by atoms with van der Waals surface area (Å²) in [6, 6.07) is 0. The molecule has 78 valence electrons.